The average molecular weight is 509 g/mol. The predicted molar refractivity (Wildman–Crippen MR) is 144 cm³/mol. The Hall–Kier alpha value is -2.78. The SMILES string of the molecule is Cc1cccc(C(=O)Nc2nc3c(s2)c(C(=O)N2CCC[C@H]2CN2CCCC2)nn3C(C)(C)C)c1C. The van der Waals surface area contributed by atoms with Crippen LogP contribution in [-0.2, 0) is 5.54 Å². The highest BCUT2D eigenvalue weighted by Gasteiger charge is 2.35. The normalized spacial score (nSPS) is 18.9. The fourth-order valence-electron chi connectivity index (χ4n) is 5.32. The number of hydrogen-bond donors (Lipinski definition) is 1. The molecule has 8 nitrogen and oxygen atoms in total. The third-order valence-electron chi connectivity index (χ3n) is 7.44. The number of benzene rings is 1. The van der Waals surface area contributed by atoms with E-state index < -0.39 is 0 Å². The summed E-state index contributed by atoms with van der Waals surface area (Å²) >= 11 is 1.33. The molecule has 2 saturated heterocycles. The molecule has 1 aromatic carbocycles. The van der Waals surface area contributed by atoms with E-state index in [4.69, 9.17) is 10.1 Å². The van der Waals surface area contributed by atoms with Crippen LogP contribution in [0.5, 0.6) is 0 Å². The quantitative estimate of drug-likeness (QED) is 0.534. The molecule has 0 saturated carbocycles. The summed E-state index contributed by atoms with van der Waals surface area (Å²) in [6.07, 6.45) is 4.54. The molecule has 1 N–H and O–H groups in total. The van der Waals surface area contributed by atoms with Crippen molar-refractivity contribution in [2.24, 2.45) is 0 Å². The molecule has 1 atom stereocenters. The Morgan fingerprint density at radius 3 is 2.58 bits per heavy atom. The summed E-state index contributed by atoms with van der Waals surface area (Å²) in [5, 5.41) is 8.23. The zero-order chi connectivity index (χ0) is 25.6. The molecule has 0 radical (unpaired) electrons. The zero-order valence-corrected chi connectivity index (χ0v) is 22.7. The number of carbonyl (C=O) groups is 2. The van der Waals surface area contributed by atoms with Crippen LogP contribution in [0.2, 0.25) is 0 Å². The molecule has 3 aromatic rings. The van der Waals surface area contributed by atoms with Crippen LogP contribution in [0.15, 0.2) is 18.2 Å². The molecule has 0 spiro atoms. The Bertz CT molecular complexity index is 1300. The molecule has 2 aliphatic rings. The van der Waals surface area contributed by atoms with Crippen molar-refractivity contribution in [1.82, 2.24) is 24.6 Å². The van der Waals surface area contributed by atoms with E-state index in [-0.39, 0.29) is 23.4 Å². The molecule has 0 bridgehead atoms. The standard InChI is InChI=1S/C27H36N6O2S/c1-17-10-8-12-20(18(17)2)24(34)29-26-28-23-22(36-26)21(30-33(23)27(3,4)5)25(35)32-15-9-11-19(32)16-31-13-6-7-14-31/h8,10,12,19H,6-7,9,11,13-16H2,1-5H3,(H,28,29,34)/t19-/m0/s1. The number of carbonyl (C=O) groups excluding carboxylic acids is 2. The second kappa shape index (κ2) is 9.59. The minimum Gasteiger partial charge on any atom is -0.333 e. The zero-order valence-electron chi connectivity index (χ0n) is 21.9. The van der Waals surface area contributed by atoms with Gasteiger partial charge in [0.25, 0.3) is 11.8 Å². The first-order chi connectivity index (χ1) is 17.1. The van der Waals surface area contributed by atoms with Crippen molar-refractivity contribution >= 4 is 38.6 Å². The minimum absolute atomic E-state index is 0.0271. The average Bonchev–Trinajstić information content (AvgIpc) is 3.59. The number of fused-ring (bicyclic) bond motifs is 1. The summed E-state index contributed by atoms with van der Waals surface area (Å²) in [7, 11) is 0. The number of hydrogen-bond acceptors (Lipinski definition) is 6. The Morgan fingerprint density at radius 1 is 1.11 bits per heavy atom. The van der Waals surface area contributed by atoms with Crippen LogP contribution in [-0.4, -0.2) is 68.6 Å². The smallest absolute Gasteiger partial charge is 0.276 e. The van der Waals surface area contributed by atoms with Gasteiger partial charge in [0.2, 0.25) is 0 Å². The first-order valence-corrected chi connectivity index (χ1v) is 13.8. The van der Waals surface area contributed by atoms with Crippen LogP contribution in [0.3, 0.4) is 0 Å². The van der Waals surface area contributed by atoms with Crippen molar-refractivity contribution in [3.05, 3.63) is 40.6 Å². The van der Waals surface area contributed by atoms with Crippen molar-refractivity contribution < 1.29 is 9.59 Å². The molecule has 2 aromatic heterocycles. The lowest BCUT2D eigenvalue weighted by molar-refractivity contribution is 0.0703. The lowest BCUT2D eigenvalue weighted by atomic mass is 10.0. The lowest BCUT2D eigenvalue weighted by Crippen LogP contribution is -2.42. The van der Waals surface area contributed by atoms with Gasteiger partial charge in [-0.25, -0.2) is 4.68 Å². The molecule has 0 aliphatic carbocycles. The van der Waals surface area contributed by atoms with E-state index in [1.807, 2.05) is 62.4 Å². The van der Waals surface area contributed by atoms with E-state index in [1.165, 1.54) is 24.2 Å². The van der Waals surface area contributed by atoms with Gasteiger partial charge in [-0.3, -0.25) is 14.9 Å². The van der Waals surface area contributed by atoms with Crippen molar-refractivity contribution in [3.63, 3.8) is 0 Å². The van der Waals surface area contributed by atoms with Gasteiger partial charge in [-0.1, -0.05) is 23.5 Å². The van der Waals surface area contributed by atoms with Gasteiger partial charge >= 0.3 is 0 Å². The van der Waals surface area contributed by atoms with Gasteiger partial charge < -0.3 is 9.80 Å². The number of amides is 2. The second-order valence-electron chi connectivity index (χ2n) is 11.1. The molecule has 0 unspecified atom stereocenters. The molecule has 9 heteroatoms. The first-order valence-electron chi connectivity index (χ1n) is 12.9. The largest absolute Gasteiger partial charge is 0.333 e. The summed E-state index contributed by atoms with van der Waals surface area (Å²) in [5.74, 6) is -0.221. The van der Waals surface area contributed by atoms with Crippen LogP contribution in [0, 0.1) is 13.8 Å². The summed E-state index contributed by atoms with van der Waals surface area (Å²) in [5.41, 5.74) is 3.37. The summed E-state index contributed by atoms with van der Waals surface area (Å²) in [6.45, 7) is 14.0. The molecular formula is C27H36N6O2S. The number of likely N-dealkylation sites (tertiary alicyclic amines) is 2. The van der Waals surface area contributed by atoms with Crippen LogP contribution in [0.25, 0.3) is 10.3 Å². The number of anilines is 1. The number of thiazole rings is 1. The maximum absolute atomic E-state index is 13.8. The minimum atomic E-state index is -0.362. The van der Waals surface area contributed by atoms with Crippen LogP contribution < -0.4 is 5.32 Å². The first kappa shape index (κ1) is 24.9. The Balaban J connectivity index is 1.46. The van der Waals surface area contributed by atoms with Crippen molar-refractivity contribution in [3.8, 4) is 0 Å². The Morgan fingerprint density at radius 2 is 1.86 bits per heavy atom. The highest BCUT2D eigenvalue weighted by molar-refractivity contribution is 7.22. The third kappa shape index (κ3) is 4.66. The fourth-order valence-corrected chi connectivity index (χ4v) is 6.23. The highest BCUT2D eigenvalue weighted by Crippen LogP contribution is 2.34. The van der Waals surface area contributed by atoms with E-state index in [0.29, 0.717) is 22.0 Å². The highest BCUT2D eigenvalue weighted by atomic mass is 32.1. The maximum atomic E-state index is 13.8. The molecule has 2 fully saturated rings. The van der Waals surface area contributed by atoms with Gasteiger partial charge in [0.1, 0.15) is 4.70 Å². The Kier molecular flexibility index (Phi) is 6.63. The molecule has 4 heterocycles. The molecule has 192 valence electrons. The van der Waals surface area contributed by atoms with Gasteiger partial charge in [0, 0.05) is 24.7 Å². The van der Waals surface area contributed by atoms with Crippen LogP contribution >= 0.6 is 11.3 Å². The monoisotopic (exact) mass is 508 g/mol. The number of rotatable bonds is 5. The molecule has 2 amide bonds. The third-order valence-corrected chi connectivity index (χ3v) is 8.41. The maximum Gasteiger partial charge on any atom is 0.276 e. The van der Waals surface area contributed by atoms with Crippen LogP contribution in [0.4, 0.5) is 5.13 Å². The van der Waals surface area contributed by atoms with E-state index in [9.17, 15) is 9.59 Å². The molecule has 36 heavy (non-hydrogen) atoms. The van der Waals surface area contributed by atoms with Gasteiger partial charge in [-0.15, -0.1) is 0 Å². The number of aromatic nitrogens is 3. The summed E-state index contributed by atoms with van der Waals surface area (Å²) < 4.78 is 2.56. The number of nitrogens with one attached hydrogen (secondary N) is 1. The van der Waals surface area contributed by atoms with Gasteiger partial charge in [-0.2, -0.15) is 10.1 Å². The van der Waals surface area contributed by atoms with Crippen molar-refractivity contribution in [2.45, 2.75) is 71.9 Å². The van der Waals surface area contributed by atoms with E-state index in [0.717, 1.165) is 54.8 Å². The Labute approximate surface area is 216 Å². The lowest BCUT2D eigenvalue weighted by Gasteiger charge is -2.28. The predicted octanol–water partition coefficient (Wildman–Crippen LogP) is 4.82. The van der Waals surface area contributed by atoms with E-state index in [2.05, 4.69) is 10.2 Å². The summed E-state index contributed by atoms with van der Waals surface area (Å²) in [4.78, 5) is 36.1. The van der Waals surface area contributed by atoms with Crippen molar-refractivity contribution in [1.29, 1.82) is 0 Å². The topological polar surface area (TPSA) is 83.4 Å². The fraction of sp³-hybridized carbons (Fsp3) is 0.556. The van der Waals surface area contributed by atoms with E-state index >= 15 is 0 Å². The molecule has 2 aliphatic heterocycles. The molecule has 5 rings (SSSR count). The second-order valence-corrected chi connectivity index (χ2v) is 12.1. The van der Waals surface area contributed by atoms with E-state index in [1.54, 1.807) is 0 Å². The van der Waals surface area contributed by atoms with Gasteiger partial charge in [0.15, 0.2) is 16.5 Å². The number of aryl methyl sites for hydroxylation is 1. The van der Waals surface area contributed by atoms with Crippen molar-refractivity contribution in [2.75, 3.05) is 31.5 Å². The van der Waals surface area contributed by atoms with Gasteiger partial charge in [0.05, 0.1) is 5.54 Å². The van der Waals surface area contributed by atoms with Gasteiger partial charge in [-0.05, 0) is 90.6 Å². The number of nitrogens with zero attached hydrogens (tertiary/aromatic N) is 5. The van der Waals surface area contributed by atoms with Crippen LogP contribution in [0.1, 0.15) is 78.4 Å². The molecular weight excluding hydrogens is 472 g/mol. The summed E-state index contributed by atoms with van der Waals surface area (Å²) in [6, 6.07) is 5.93.